The molecule has 9 nitrogen and oxygen atoms in total. The molecule has 0 aliphatic carbocycles. The fourth-order valence-electron chi connectivity index (χ4n) is 1.30. The molecule has 0 radical (unpaired) electrons. The lowest BCUT2D eigenvalue weighted by Crippen LogP contribution is -1.90. The van der Waals surface area contributed by atoms with Gasteiger partial charge in [0.15, 0.2) is 0 Å². The highest BCUT2D eigenvalue weighted by molar-refractivity contribution is 5.57. The molecule has 0 saturated carbocycles. The van der Waals surface area contributed by atoms with Crippen LogP contribution in [-0.4, -0.2) is 20.1 Å². The summed E-state index contributed by atoms with van der Waals surface area (Å²) in [4.78, 5) is 18.7. The molecule has 22 heavy (non-hydrogen) atoms. The van der Waals surface area contributed by atoms with Gasteiger partial charge in [-0.05, 0) is 12.1 Å². The molecule has 0 atom stereocenters. The van der Waals surface area contributed by atoms with Gasteiger partial charge in [-0.3, -0.25) is 20.2 Å². The Labute approximate surface area is 122 Å². The van der Waals surface area contributed by atoms with E-state index in [9.17, 15) is 24.6 Å². The first-order chi connectivity index (χ1) is 10.2. The number of aromatic hydroxyl groups is 2. The van der Waals surface area contributed by atoms with Crippen LogP contribution in [0.5, 0.6) is 11.5 Å². The number of rotatable bonds is 2. The standard InChI is InChI=1S/C6H4FNO3.C6H6N2O3/c7-5-3-4(9)1-2-6(5)8(10)11;7-5-3-4(8(10)11)1-2-6(5)9/h1-3,9H;1-3,9H,7H2. The minimum Gasteiger partial charge on any atom is -0.508 e. The number of anilines is 1. The summed E-state index contributed by atoms with van der Waals surface area (Å²) in [7, 11) is 0. The molecule has 0 saturated heterocycles. The molecule has 0 amide bonds. The molecule has 4 N–H and O–H groups in total. The number of nitro groups is 2. The zero-order chi connectivity index (χ0) is 16.9. The summed E-state index contributed by atoms with van der Waals surface area (Å²) in [6, 6.07) is 6.14. The van der Waals surface area contributed by atoms with Crippen molar-refractivity contribution < 1.29 is 24.5 Å². The number of non-ortho nitro benzene ring substituents is 1. The molecule has 0 aliphatic heterocycles. The number of benzene rings is 2. The summed E-state index contributed by atoms with van der Waals surface area (Å²) in [5, 5.41) is 37.7. The zero-order valence-corrected chi connectivity index (χ0v) is 10.8. The Bertz CT molecular complexity index is 722. The smallest absolute Gasteiger partial charge is 0.305 e. The largest absolute Gasteiger partial charge is 0.508 e. The topological polar surface area (TPSA) is 153 Å². The predicted octanol–water partition coefficient (Wildman–Crippen LogP) is 2.32. The van der Waals surface area contributed by atoms with E-state index >= 15 is 0 Å². The quantitative estimate of drug-likeness (QED) is 0.333. The van der Waals surface area contributed by atoms with Crippen molar-refractivity contribution in [3.05, 3.63) is 62.4 Å². The Morgan fingerprint density at radius 1 is 1.00 bits per heavy atom. The second kappa shape index (κ2) is 6.83. The van der Waals surface area contributed by atoms with Crippen LogP contribution in [0, 0.1) is 26.0 Å². The maximum Gasteiger partial charge on any atom is 0.305 e. The van der Waals surface area contributed by atoms with Crippen molar-refractivity contribution in [2.75, 3.05) is 5.73 Å². The summed E-state index contributed by atoms with van der Waals surface area (Å²) < 4.78 is 12.5. The van der Waals surface area contributed by atoms with Gasteiger partial charge in [-0.15, -0.1) is 0 Å². The first-order valence-corrected chi connectivity index (χ1v) is 5.58. The van der Waals surface area contributed by atoms with Gasteiger partial charge in [0.2, 0.25) is 5.82 Å². The van der Waals surface area contributed by atoms with Gasteiger partial charge in [-0.1, -0.05) is 0 Å². The Balaban J connectivity index is 0.000000220. The van der Waals surface area contributed by atoms with Gasteiger partial charge < -0.3 is 15.9 Å². The average molecular weight is 311 g/mol. The molecule has 2 aromatic carbocycles. The van der Waals surface area contributed by atoms with Crippen LogP contribution in [0.4, 0.5) is 21.5 Å². The third-order valence-corrected chi connectivity index (χ3v) is 2.35. The highest BCUT2D eigenvalue weighted by atomic mass is 19.1. The summed E-state index contributed by atoms with van der Waals surface area (Å²) in [5.74, 6) is -1.50. The number of halogens is 1. The van der Waals surface area contributed by atoms with Crippen molar-refractivity contribution in [2.24, 2.45) is 0 Å². The van der Waals surface area contributed by atoms with Crippen molar-refractivity contribution in [3.8, 4) is 11.5 Å². The number of nitro benzene ring substituents is 2. The van der Waals surface area contributed by atoms with Crippen LogP contribution < -0.4 is 5.73 Å². The van der Waals surface area contributed by atoms with E-state index in [4.69, 9.17) is 15.9 Å². The minimum atomic E-state index is -1.03. The van der Waals surface area contributed by atoms with Crippen LogP contribution in [0.25, 0.3) is 0 Å². The normalized spacial score (nSPS) is 9.50. The van der Waals surface area contributed by atoms with Crippen molar-refractivity contribution in [1.82, 2.24) is 0 Å². The fourth-order valence-corrected chi connectivity index (χ4v) is 1.30. The van der Waals surface area contributed by atoms with Crippen molar-refractivity contribution in [1.29, 1.82) is 0 Å². The van der Waals surface area contributed by atoms with Gasteiger partial charge in [-0.2, -0.15) is 4.39 Å². The Kier molecular flexibility index (Phi) is 5.16. The third-order valence-electron chi connectivity index (χ3n) is 2.35. The maximum absolute atomic E-state index is 12.5. The maximum atomic E-state index is 12.5. The first kappa shape index (κ1) is 16.6. The number of phenols is 2. The third kappa shape index (κ3) is 4.30. The molecule has 0 bridgehead atoms. The van der Waals surface area contributed by atoms with E-state index in [1.807, 2.05) is 0 Å². The second-order valence-electron chi connectivity index (χ2n) is 3.89. The molecular weight excluding hydrogens is 301 g/mol. The number of nitrogens with two attached hydrogens (primary N) is 1. The molecule has 2 rings (SSSR count). The van der Waals surface area contributed by atoms with Gasteiger partial charge in [0.25, 0.3) is 5.69 Å². The van der Waals surface area contributed by atoms with E-state index in [1.165, 1.54) is 12.1 Å². The van der Waals surface area contributed by atoms with E-state index < -0.39 is 21.4 Å². The van der Waals surface area contributed by atoms with Crippen molar-refractivity contribution in [3.63, 3.8) is 0 Å². The molecule has 0 aromatic heterocycles. The highest BCUT2D eigenvalue weighted by Gasteiger charge is 2.12. The molecule has 0 heterocycles. The van der Waals surface area contributed by atoms with E-state index in [2.05, 4.69) is 0 Å². The Hall–Kier alpha value is -3.43. The van der Waals surface area contributed by atoms with Crippen LogP contribution in [-0.2, 0) is 0 Å². The molecule has 0 unspecified atom stereocenters. The second-order valence-corrected chi connectivity index (χ2v) is 3.89. The van der Waals surface area contributed by atoms with Crippen LogP contribution in [0.1, 0.15) is 0 Å². The number of phenolic OH excluding ortho intramolecular Hbond substituents is 2. The van der Waals surface area contributed by atoms with E-state index in [0.717, 1.165) is 18.2 Å². The van der Waals surface area contributed by atoms with Crippen LogP contribution in [0.15, 0.2) is 36.4 Å². The van der Waals surface area contributed by atoms with Gasteiger partial charge in [0.05, 0.1) is 15.5 Å². The molecule has 2 aromatic rings. The van der Waals surface area contributed by atoms with Crippen LogP contribution >= 0.6 is 0 Å². The lowest BCUT2D eigenvalue weighted by Gasteiger charge is -1.96. The summed E-state index contributed by atoms with van der Waals surface area (Å²) >= 11 is 0. The molecule has 116 valence electrons. The molecular formula is C12H10FN3O6. The predicted molar refractivity (Wildman–Crippen MR) is 73.9 cm³/mol. The number of hydrogen-bond acceptors (Lipinski definition) is 7. The fraction of sp³-hybridized carbons (Fsp3) is 0. The van der Waals surface area contributed by atoms with Gasteiger partial charge >= 0.3 is 5.69 Å². The van der Waals surface area contributed by atoms with Crippen molar-refractivity contribution >= 4 is 17.1 Å². The zero-order valence-electron chi connectivity index (χ0n) is 10.8. The SMILES string of the molecule is Nc1cc([N+](=O)[O-])ccc1O.O=[N+]([O-])c1ccc(O)cc1F. The van der Waals surface area contributed by atoms with E-state index in [0.29, 0.717) is 6.07 Å². The van der Waals surface area contributed by atoms with Crippen LogP contribution in [0.2, 0.25) is 0 Å². The van der Waals surface area contributed by atoms with Crippen LogP contribution in [0.3, 0.4) is 0 Å². The molecule has 0 spiro atoms. The van der Waals surface area contributed by atoms with Gasteiger partial charge in [0.1, 0.15) is 11.5 Å². The Morgan fingerprint density at radius 3 is 2.09 bits per heavy atom. The average Bonchev–Trinajstić information content (AvgIpc) is 2.41. The number of nitrogens with zero attached hydrogens (tertiary/aromatic N) is 2. The van der Waals surface area contributed by atoms with Gasteiger partial charge in [-0.25, -0.2) is 0 Å². The monoisotopic (exact) mass is 311 g/mol. The first-order valence-electron chi connectivity index (χ1n) is 5.58. The van der Waals surface area contributed by atoms with E-state index in [1.54, 1.807) is 0 Å². The van der Waals surface area contributed by atoms with Crippen molar-refractivity contribution in [2.45, 2.75) is 0 Å². The number of hydrogen-bond donors (Lipinski definition) is 3. The molecule has 0 fully saturated rings. The molecule has 0 aliphatic rings. The lowest BCUT2D eigenvalue weighted by atomic mass is 10.2. The molecule has 10 heteroatoms. The number of nitrogen functional groups attached to an aromatic ring is 1. The van der Waals surface area contributed by atoms with Gasteiger partial charge in [0, 0.05) is 24.3 Å². The summed E-state index contributed by atoms with van der Waals surface area (Å²) in [6.07, 6.45) is 0. The van der Waals surface area contributed by atoms with E-state index in [-0.39, 0.29) is 22.9 Å². The lowest BCUT2D eigenvalue weighted by molar-refractivity contribution is -0.387. The Morgan fingerprint density at radius 2 is 1.64 bits per heavy atom. The minimum absolute atomic E-state index is 0.0131. The highest BCUT2D eigenvalue weighted by Crippen LogP contribution is 2.24. The summed E-state index contributed by atoms with van der Waals surface area (Å²) in [6.45, 7) is 0. The summed E-state index contributed by atoms with van der Waals surface area (Å²) in [5.41, 5.74) is 4.46.